The van der Waals surface area contributed by atoms with Crippen LogP contribution in [0.3, 0.4) is 0 Å². The number of aliphatic carboxylic acids is 1. The molecular formula is C13H15NO4. The van der Waals surface area contributed by atoms with Crippen LogP contribution >= 0.6 is 0 Å². The Morgan fingerprint density at radius 1 is 1.56 bits per heavy atom. The number of carboxylic acid groups (broad SMARTS) is 1. The van der Waals surface area contributed by atoms with E-state index in [4.69, 9.17) is 9.84 Å². The second kappa shape index (κ2) is 4.68. The summed E-state index contributed by atoms with van der Waals surface area (Å²) >= 11 is 0. The van der Waals surface area contributed by atoms with Crippen LogP contribution < -0.4 is 10.1 Å². The summed E-state index contributed by atoms with van der Waals surface area (Å²) in [5, 5.41) is 11.7. The lowest BCUT2D eigenvalue weighted by Crippen LogP contribution is -2.25. The van der Waals surface area contributed by atoms with Crippen LogP contribution in [0.2, 0.25) is 0 Å². The molecule has 0 saturated carbocycles. The Morgan fingerprint density at radius 3 is 2.89 bits per heavy atom. The van der Waals surface area contributed by atoms with Gasteiger partial charge in [0.2, 0.25) is 5.91 Å². The zero-order valence-corrected chi connectivity index (χ0v) is 10.3. The number of hydrogen-bond donors (Lipinski definition) is 2. The van der Waals surface area contributed by atoms with Gasteiger partial charge >= 0.3 is 5.97 Å². The molecule has 0 aliphatic carbocycles. The van der Waals surface area contributed by atoms with Crippen molar-refractivity contribution in [1.29, 1.82) is 0 Å². The molecule has 2 N–H and O–H groups in total. The molecule has 2 rings (SSSR count). The van der Waals surface area contributed by atoms with Gasteiger partial charge in [0.1, 0.15) is 5.75 Å². The van der Waals surface area contributed by atoms with E-state index in [1.165, 1.54) is 7.11 Å². The zero-order chi connectivity index (χ0) is 13.3. The summed E-state index contributed by atoms with van der Waals surface area (Å²) in [6, 6.07) is 3.65. The number of fused-ring (bicyclic) bond motifs is 1. The fraction of sp³-hybridized carbons (Fsp3) is 0.385. The van der Waals surface area contributed by atoms with Gasteiger partial charge in [-0.25, -0.2) is 0 Å². The fourth-order valence-electron chi connectivity index (χ4n) is 2.43. The first kappa shape index (κ1) is 12.4. The van der Waals surface area contributed by atoms with E-state index < -0.39 is 5.97 Å². The number of ether oxygens (including phenoxy) is 1. The number of hydrogen-bond acceptors (Lipinski definition) is 3. The molecule has 18 heavy (non-hydrogen) atoms. The topological polar surface area (TPSA) is 75.6 Å². The van der Waals surface area contributed by atoms with Gasteiger partial charge in [-0.3, -0.25) is 9.59 Å². The first-order valence-electron chi connectivity index (χ1n) is 5.72. The molecule has 96 valence electrons. The lowest BCUT2D eigenvalue weighted by atomic mass is 9.85. The van der Waals surface area contributed by atoms with E-state index in [-0.39, 0.29) is 24.7 Å². The summed E-state index contributed by atoms with van der Waals surface area (Å²) in [5.41, 5.74) is 2.45. The average Bonchev–Trinajstić information content (AvgIpc) is 2.27. The number of benzene rings is 1. The summed E-state index contributed by atoms with van der Waals surface area (Å²) in [5.74, 6) is -0.791. The SMILES string of the molecule is COc1ccc(C)c2c1NC(=O)CC2CC(=O)O. The van der Waals surface area contributed by atoms with Crippen molar-refractivity contribution in [3.05, 3.63) is 23.3 Å². The first-order valence-corrected chi connectivity index (χ1v) is 5.72. The van der Waals surface area contributed by atoms with Crippen LogP contribution in [-0.2, 0) is 9.59 Å². The number of carboxylic acids is 1. The highest BCUT2D eigenvalue weighted by Gasteiger charge is 2.30. The Kier molecular flexibility index (Phi) is 3.23. The number of rotatable bonds is 3. The highest BCUT2D eigenvalue weighted by atomic mass is 16.5. The number of nitrogens with one attached hydrogen (secondary N) is 1. The second-order valence-electron chi connectivity index (χ2n) is 4.42. The van der Waals surface area contributed by atoms with Crippen molar-refractivity contribution in [2.24, 2.45) is 0 Å². The zero-order valence-electron chi connectivity index (χ0n) is 10.3. The van der Waals surface area contributed by atoms with Gasteiger partial charge < -0.3 is 15.2 Å². The number of amides is 1. The summed E-state index contributed by atoms with van der Waals surface area (Å²) in [4.78, 5) is 22.5. The molecule has 1 aromatic rings. The number of methoxy groups -OCH3 is 1. The molecule has 0 radical (unpaired) electrons. The fourth-order valence-corrected chi connectivity index (χ4v) is 2.43. The van der Waals surface area contributed by atoms with Crippen LogP contribution in [0.25, 0.3) is 0 Å². The van der Waals surface area contributed by atoms with Crippen molar-refractivity contribution in [3.63, 3.8) is 0 Å². The predicted molar refractivity (Wildman–Crippen MR) is 66.0 cm³/mol. The van der Waals surface area contributed by atoms with Crippen LogP contribution in [0.5, 0.6) is 5.75 Å². The van der Waals surface area contributed by atoms with E-state index >= 15 is 0 Å². The third-order valence-corrected chi connectivity index (χ3v) is 3.17. The molecule has 1 atom stereocenters. The van der Waals surface area contributed by atoms with Crippen molar-refractivity contribution in [1.82, 2.24) is 0 Å². The van der Waals surface area contributed by atoms with E-state index in [1.54, 1.807) is 6.07 Å². The van der Waals surface area contributed by atoms with Gasteiger partial charge in [-0.1, -0.05) is 6.07 Å². The maximum absolute atomic E-state index is 11.6. The molecule has 1 aliphatic heterocycles. The molecule has 1 amide bonds. The number of carbonyl (C=O) groups is 2. The lowest BCUT2D eigenvalue weighted by molar-refractivity contribution is -0.137. The third kappa shape index (κ3) is 2.16. The third-order valence-electron chi connectivity index (χ3n) is 3.17. The molecule has 0 fully saturated rings. The van der Waals surface area contributed by atoms with Gasteiger partial charge in [-0.05, 0) is 24.1 Å². The predicted octanol–water partition coefficient (Wildman–Crippen LogP) is 1.90. The maximum Gasteiger partial charge on any atom is 0.303 e. The van der Waals surface area contributed by atoms with Crippen LogP contribution in [0.4, 0.5) is 5.69 Å². The molecule has 1 heterocycles. The van der Waals surface area contributed by atoms with E-state index in [0.29, 0.717) is 11.4 Å². The Bertz CT molecular complexity index is 510. The molecule has 1 unspecified atom stereocenters. The van der Waals surface area contributed by atoms with Crippen molar-refractivity contribution in [3.8, 4) is 5.75 Å². The van der Waals surface area contributed by atoms with Crippen molar-refractivity contribution >= 4 is 17.6 Å². The highest BCUT2D eigenvalue weighted by Crippen LogP contribution is 2.41. The monoisotopic (exact) mass is 249 g/mol. The lowest BCUT2D eigenvalue weighted by Gasteiger charge is -2.27. The van der Waals surface area contributed by atoms with E-state index in [2.05, 4.69) is 5.32 Å². The Labute approximate surface area is 105 Å². The Balaban J connectivity index is 2.52. The van der Waals surface area contributed by atoms with Crippen LogP contribution in [-0.4, -0.2) is 24.1 Å². The van der Waals surface area contributed by atoms with E-state index in [9.17, 15) is 9.59 Å². The standard InChI is InChI=1S/C13H15NO4/c1-7-3-4-9(18-2)13-12(7)8(6-11(16)17)5-10(15)14-13/h3-4,8H,5-6H2,1-2H3,(H,14,15)(H,16,17). The van der Waals surface area contributed by atoms with E-state index in [0.717, 1.165) is 11.1 Å². The van der Waals surface area contributed by atoms with Crippen molar-refractivity contribution in [2.45, 2.75) is 25.7 Å². The summed E-state index contributed by atoms with van der Waals surface area (Å²) in [7, 11) is 1.53. The minimum absolute atomic E-state index is 0.0472. The minimum atomic E-state index is -0.900. The smallest absolute Gasteiger partial charge is 0.303 e. The van der Waals surface area contributed by atoms with Gasteiger partial charge in [0.05, 0.1) is 19.2 Å². The molecule has 5 heteroatoms. The number of aryl methyl sites for hydroxylation is 1. The van der Waals surface area contributed by atoms with Crippen LogP contribution in [0.15, 0.2) is 12.1 Å². The van der Waals surface area contributed by atoms with Gasteiger partial charge in [0, 0.05) is 12.3 Å². The van der Waals surface area contributed by atoms with Gasteiger partial charge in [0.25, 0.3) is 0 Å². The van der Waals surface area contributed by atoms with Crippen LogP contribution in [0.1, 0.15) is 29.9 Å². The van der Waals surface area contributed by atoms with Crippen molar-refractivity contribution < 1.29 is 19.4 Å². The molecule has 1 aromatic carbocycles. The minimum Gasteiger partial charge on any atom is -0.495 e. The molecule has 5 nitrogen and oxygen atoms in total. The second-order valence-corrected chi connectivity index (χ2v) is 4.42. The highest BCUT2D eigenvalue weighted by molar-refractivity contribution is 5.97. The Hall–Kier alpha value is -2.04. The number of anilines is 1. The summed E-state index contributed by atoms with van der Waals surface area (Å²) in [6.45, 7) is 1.91. The Morgan fingerprint density at radius 2 is 2.28 bits per heavy atom. The molecule has 0 aromatic heterocycles. The average molecular weight is 249 g/mol. The molecular weight excluding hydrogens is 234 g/mol. The normalized spacial score (nSPS) is 17.9. The van der Waals surface area contributed by atoms with Gasteiger partial charge in [-0.15, -0.1) is 0 Å². The summed E-state index contributed by atoms with van der Waals surface area (Å²) < 4.78 is 5.21. The van der Waals surface area contributed by atoms with Gasteiger partial charge in [-0.2, -0.15) is 0 Å². The quantitative estimate of drug-likeness (QED) is 0.857. The number of carbonyl (C=O) groups excluding carboxylic acids is 1. The maximum atomic E-state index is 11.6. The molecule has 1 aliphatic rings. The largest absolute Gasteiger partial charge is 0.495 e. The van der Waals surface area contributed by atoms with Gasteiger partial charge in [0.15, 0.2) is 0 Å². The first-order chi connectivity index (χ1) is 8.52. The van der Waals surface area contributed by atoms with E-state index in [1.807, 2.05) is 13.0 Å². The summed E-state index contributed by atoms with van der Waals surface area (Å²) in [6.07, 6.45) is 0.154. The van der Waals surface area contributed by atoms with Crippen LogP contribution in [0, 0.1) is 6.92 Å². The molecule has 0 bridgehead atoms. The van der Waals surface area contributed by atoms with Crippen molar-refractivity contribution in [2.75, 3.05) is 12.4 Å². The molecule has 0 saturated heterocycles. The molecule has 0 spiro atoms.